The molecule has 94 heavy (non-hydrogen) atoms. The van der Waals surface area contributed by atoms with Crippen molar-refractivity contribution in [1.29, 1.82) is 0 Å². The Bertz CT molecular complexity index is 2670. The van der Waals surface area contributed by atoms with E-state index in [4.69, 9.17) is 13.6 Å². The molecule has 7 N–H and O–H groups in total. The van der Waals surface area contributed by atoms with Gasteiger partial charge in [0.05, 0.1) is 44.2 Å². The van der Waals surface area contributed by atoms with E-state index in [1.807, 2.05) is 0 Å². The van der Waals surface area contributed by atoms with Crippen molar-refractivity contribution in [3.05, 3.63) is 46.0 Å². The zero-order valence-electron chi connectivity index (χ0n) is 57.3. The number of hydrogen-bond acceptors (Lipinski definition) is 22. The number of aryl methyl sites for hydroxylation is 1. The van der Waals surface area contributed by atoms with Gasteiger partial charge in [0.2, 0.25) is 47.3 Å². The molecule has 0 aliphatic heterocycles. The molecule has 0 aliphatic carbocycles. The molecular weight excluding hydrogens is 1260 g/mol. The van der Waals surface area contributed by atoms with Gasteiger partial charge in [-0.2, -0.15) is 0 Å². The van der Waals surface area contributed by atoms with E-state index in [2.05, 4.69) is 42.2 Å². The topological polar surface area (TPSA) is 360 Å². The van der Waals surface area contributed by atoms with Crippen LogP contribution < -0.4 is 43.0 Å². The van der Waals surface area contributed by atoms with Crippen molar-refractivity contribution in [1.82, 2.24) is 76.5 Å². The Morgan fingerprint density at radius 1 is 0.574 bits per heavy atom. The van der Waals surface area contributed by atoms with Crippen molar-refractivity contribution in [3.8, 4) is 0 Å². The van der Waals surface area contributed by atoms with E-state index in [0.29, 0.717) is 87.9 Å². The molecular formula is C62H105N15O15S2. The highest BCUT2D eigenvalue weighted by molar-refractivity contribution is 8.76. The zero-order valence-corrected chi connectivity index (χ0v) is 58.9. The average molecular weight is 1360 g/mol. The summed E-state index contributed by atoms with van der Waals surface area (Å²) in [7, 11) is 21.6. The largest absolute Gasteiger partial charge is 0.519 e. The highest BCUT2D eigenvalue weighted by atomic mass is 33.1. The molecule has 0 radical (unpaired) electrons. The fourth-order valence-electron chi connectivity index (χ4n) is 9.25. The molecule has 0 saturated carbocycles. The van der Waals surface area contributed by atoms with Gasteiger partial charge in [0, 0.05) is 91.7 Å². The fourth-order valence-corrected chi connectivity index (χ4v) is 11.3. The number of rotatable bonds is 49. The van der Waals surface area contributed by atoms with Crippen molar-refractivity contribution >= 4 is 86.6 Å². The van der Waals surface area contributed by atoms with Crippen LogP contribution >= 0.6 is 21.6 Å². The fraction of sp³-hybridized carbons (Fsp3) is 0.694. The Kier molecular flexibility index (Phi) is 41.4. The van der Waals surface area contributed by atoms with Crippen molar-refractivity contribution < 1.29 is 66.3 Å². The van der Waals surface area contributed by atoms with Crippen LogP contribution in [0.4, 0.5) is 4.79 Å². The summed E-state index contributed by atoms with van der Waals surface area (Å²) in [4.78, 5) is 170. The van der Waals surface area contributed by atoms with Crippen LogP contribution in [0.2, 0.25) is 0 Å². The first-order valence-corrected chi connectivity index (χ1v) is 34.2. The summed E-state index contributed by atoms with van der Waals surface area (Å²) >= 11 is 0. The van der Waals surface area contributed by atoms with Gasteiger partial charge in [0.15, 0.2) is 23.9 Å². The van der Waals surface area contributed by atoms with Gasteiger partial charge in [-0.15, -0.1) is 0 Å². The van der Waals surface area contributed by atoms with Crippen LogP contribution in [0, 0.1) is 6.92 Å². The van der Waals surface area contributed by atoms with Crippen molar-refractivity contribution in [2.75, 3.05) is 155 Å². The van der Waals surface area contributed by atoms with E-state index in [0.717, 1.165) is 12.2 Å². The molecule has 0 bridgehead atoms. The van der Waals surface area contributed by atoms with Crippen LogP contribution in [0.15, 0.2) is 37.0 Å². The van der Waals surface area contributed by atoms with E-state index >= 15 is 0 Å². The summed E-state index contributed by atoms with van der Waals surface area (Å²) in [5, 5.41) is 20.4. The monoisotopic (exact) mass is 1360 g/mol. The highest BCUT2D eigenvalue weighted by Gasteiger charge is 2.29. The number of Topliss-reactive ketones (excluding diaryl/α,β-unsaturated/α-hetero) is 1. The highest BCUT2D eigenvalue weighted by Crippen LogP contribution is 2.30. The van der Waals surface area contributed by atoms with Crippen LogP contribution in [0.25, 0.3) is 0 Å². The quantitative estimate of drug-likeness (QED) is 0.0360. The molecule has 0 spiro atoms. The Morgan fingerprint density at radius 3 is 1.57 bits per heavy atom. The first-order valence-electron chi connectivity index (χ1n) is 31.9. The molecule has 2 heterocycles. The number of carbonyl (C=O) groups is 11. The second-order valence-corrected chi connectivity index (χ2v) is 26.4. The van der Waals surface area contributed by atoms with Crippen LogP contribution in [0.1, 0.15) is 118 Å². The third kappa shape index (κ3) is 36.5. The Morgan fingerprint density at radius 2 is 1.10 bits per heavy atom. The number of ketones is 1. The van der Waals surface area contributed by atoms with E-state index in [9.17, 15) is 57.5 Å². The van der Waals surface area contributed by atoms with Gasteiger partial charge in [-0.05, 0) is 157 Å². The first kappa shape index (κ1) is 83.0. The number of nitrogens with one attached hydrogen (secondary N) is 7. The van der Waals surface area contributed by atoms with Crippen LogP contribution in [0.3, 0.4) is 0 Å². The van der Waals surface area contributed by atoms with Gasteiger partial charge in [0.25, 0.3) is 5.91 Å². The molecule has 0 aliphatic rings. The molecule has 0 aromatic carbocycles. The predicted octanol–water partition coefficient (Wildman–Crippen LogP) is 1.06. The number of aromatic nitrogens is 1. The summed E-state index contributed by atoms with van der Waals surface area (Å²) in [5.41, 5.74) is 0.320. The summed E-state index contributed by atoms with van der Waals surface area (Å²) in [6.07, 6.45) is 6.63. The minimum Gasteiger partial charge on any atom is -0.441 e. The Balaban J connectivity index is 2.07. The third-order valence-corrected chi connectivity index (χ3v) is 16.6. The average Bonchev–Trinajstić information content (AvgIpc) is 1.74. The van der Waals surface area contributed by atoms with Gasteiger partial charge in [-0.25, -0.2) is 14.6 Å². The van der Waals surface area contributed by atoms with E-state index < -0.39 is 35.9 Å². The van der Waals surface area contributed by atoms with Gasteiger partial charge < -0.3 is 85.1 Å². The molecule has 2 aromatic rings. The van der Waals surface area contributed by atoms with Crippen molar-refractivity contribution in [2.24, 2.45) is 0 Å². The van der Waals surface area contributed by atoms with Gasteiger partial charge >= 0.3 is 11.9 Å². The lowest BCUT2D eigenvalue weighted by Crippen LogP contribution is -2.49. The molecule has 0 saturated heterocycles. The number of carbonyl (C=O) groups excluding carboxylic acids is 11. The molecule has 32 heteroatoms. The maximum absolute atomic E-state index is 14.3. The normalized spacial score (nSPS) is 12.2. The first-order chi connectivity index (χ1) is 44.6. The number of hydrogen-bond donors (Lipinski definition) is 7. The smallest absolute Gasteiger partial charge is 0.441 e. The molecule has 0 unspecified atom stereocenters. The number of likely N-dealkylation sites (N-methyl/N-ethyl adjacent to an activating group) is 5. The number of amides is 10. The number of nitrogens with zero attached hydrogens (tertiary/aromatic N) is 8. The Labute approximate surface area is 561 Å². The zero-order chi connectivity index (χ0) is 70.1. The number of unbranched alkanes of at least 4 members (excludes halogenated alkanes) is 4. The lowest BCUT2D eigenvalue weighted by atomic mass is 10.0. The summed E-state index contributed by atoms with van der Waals surface area (Å²) < 4.78 is 14.8. The van der Waals surface area contributed by atoms with Crippen LogP contribution in [0.5, 0.6) is 0 Å². The second-order valence-electron chi connectivity index (χ2n) is 23.9. The summed E-state index contributed by atoms with van der Waals surface area (Å²) in [6.45, 7) is 3.61. The van der Waals surface area contributed by atoms with Gasteiger partial charge in [0.1, 0.15) is 17.1 Å². The van der Waals surface area contributed by atoms with Crippen molar-refractivity contribution in [3.63, 3.8) is 0 Å². The van der Waals surface area contributed by atoms with Crippen LogP contribution in [-0.4, -0.2) is 278 Å². The molecule has 2 aromatic heterocycles. The maximum Gasteiger partial charge on any atom is 0.519 e. The molecule has 2 rings (SSSR count). The number of ether oxygens (including phenoxy) is 1. The molecule has 0 fully saturated rings. The number of pyridine rings is 1. The molecule has 530 valence electrons. The van der Waals surface area contributed by atoms with E-state index in [1.165, 1.54) is 54.9 Å². The van der Waals surface area contributed by atoms with E-state index in [1.54, 1.807) is 104 Å². The minimum atomic E-state index is -1.00. The van der Waals surface area contributed by atoms with Gasteiger partial charge in [-0.3, -0.25) is 47.9 Å². The van der Waals surface area contributed by atoms with Gasteiger partial charge in [-0.1, -0.05) is 17.2 Å². The summed E-state index contributed by atoms with van der Waals surface area (Å²) in [6, 6.07) is 0.770. The third-order valence-electron chi connectivity index (χ3n) is 14.2. The van der Waals surface area contributed by atoms with Crippen LogP contribution in [-0.2, 0) is 54.5 Å². The predicted molar refractivity (Wildman–Crippen MR) is 358 cm³/mol. The molecule has 30 nitrogen and oxygen atoms in total. The summed E-state index contributed by atoms with van der Waals surface area (Å²) in [5.74, 6) is -2.89. The van der Waals surface area contributed by atoms with E-state index in [-0.39, 0.29) is 156 Å². The SMILES string of the molecule is CNC(=O)C[C@@H](C(=O)CCCN(C)C(=O)OCc1oc(=O)oc1C)N(C)C(=O)CCCCCSSc1ccc(C(=O)N(CCCNC(=O)[C@H](CCCCNC(=O)CN(C)C)NC(=O)CN(C)C)CCCNC(=O)[C@H](CCCCNC(=O)CN(C)C)NC(=O)CN(C)C)cn1. The lowest BCUT2D eigenvalue weighted by Gasteiger charge is -2.27. The Hall–Kier alpha value is -7.13. The molecule has 3 atom stereocenters. The molecule has 10 amide bonds. The lowest BCUT2D eigenvalue weighted by molar-refractivity contribution is -0.140. The minimum absolute atomic E-state index is 0.0133. The second kappa shape index (κ2) is 46.9. The maximum atomic E-state index is 14.3. The standard InChI is InChI=1S/C62H105N15O15S2/c1-44-50(92-62(89)91-44)43-90-61(88)75(11)33-20-25-49(78)48(37-51(79)63-2)76(12)57(84)26-14-13-19-36-93-94-56-28-27-45(38-68-56)60(87)77(34-21-31-66-58(85)46(69-54(82)41-73(7)8)23-15-17-29-64-52(80)39-71(3)4)35-22-32-67-59(86)47(70-55(83)42-74(9)10)24-16-18-30-65-53(81)40-72(5)6/h27-28,38,46-48H,13-26,29-37,39-43H2,1-12H3,(H,63,79)(H,64,80)(H,65,81)(H,66,85)(H,67,86)(H,69,82)(H,70,83)/t46-,47-,48-/m0/s1. The van der Waals surface area contributed by atoms with Crippen molar-refractivity contribution in [2.45, 2.75) is 133 Å².